The third kappa shape index (κ3) is 1.95. The minimum Gasteiger partial charge on any atom is -0.389 e. The Kier molecular flexibility index (Phi) is 3.46. The number of nitrogens with one attached hydrogen (secondary N) is 1. The van der Waals surface area contributed by atoms with Gasteiger partial charge in [0.2, 0.25) is 0 Å². The summed E-state index contributed by atoms with van der Waals surface area (Å²) in [6.07, 6.45) is -0.109. The SMILES string of the molecule is CN[C@H]1C[C@@H](OC)O[C@@H](C)[C@@H]1O. The summed E-state index contributed by atoms with van der Waals surface area (Å²) in [6.45, 7) is 1.85. The van der Waals surface area contributed by atoms with Gasteiger partial charge in [0, 0.05) is 19.6 Å². The van der Waals surface area contributed by atoms with Gasteiger partial charge in [0.15, 0.2) is 6.29 Å². The standard InChI is InChI=1S/C8H17NO3/c1-5-8(10)6(9-2)4-7(11-3)12-5/h5-10H,4H2,1-3H3/t5-,6-,7-,8-/m0/s1. The first-order valence-electron chi connectivity index (χ1n) is 4.22. The van der Waals surface area contributed by atoms with Gasteiger partial charge in [-0.3, -0.25) is 0 Å². The van der Waals surface area contributed by atoms with Crippen molar-refractivity contribution in [3.63, 3.8) is 0 Å². The summed E-state index contributed by atoms with van der Waals surface area (Å²) < 4.78 is 10.4. The van der Waals surface area contributed by atoms with Gasteiger partial charge in [0.05, 0.1) is 12.2 Å². The van der Waals surface area contributed by atoms with Gasteiger partial charge < -0.3 is 19.9 Å². The molecule has 4 heteroatoms. The van der Waals surface area contributed by atoms with Crippen LogP contribution in [0.5, 0.6) is 0 Å². The van der Waals surface area contributed by atoms with E-state index in [0.717, 1.165) is 0 Å². The quantitative estimate of drug-likeness (QED) is 0.606. The third-order valence-corrected chi connectivity index (χ3v) is 2.34. The highest BCUT2D eigenvalue weighted by atomic mass is 16.7. The number of aliphatic hydroxyl groups is 1. The molecule has 1 aliphatic rings. The maximum Gasteiger partial charge on any atom is 0.159 e. The van der Waals surface area contributed by atoms with E-state index in [2.05, 4.69) is 5.32 Å². The van der Waals surface area contributed by atoms with Crippen LogP contribution in [0.1, 0.15) is 13.3 Å². The van der Waals surface area contributed by atoms with E-state index >= 15 is 0 Å². The van der Waals surface area contributed by atoms with E-state index in [9.17, 15) is 5.11 Å². The normalized spacial score (nSPS) is 43.0. The predicted molar refractivity (Wildman–Crippen MR) is 44.8 cm³/mol. The first-order valence-corrected chi connectivity index (χ1v) is 4.22. The average Bonchev–Trinajstić information content (AvgIpc) is 2.09. The summed E-state index contributed by atoms with van der Waals surface area (Å²) >= 11 is 0. The molecule has 0 amide bonds. The Hall–Kier alpha value is -0.160. The van der Waals surface area contributed by atoms with Crippen molar-refractivity contribution in [1.82, 2.24) is 5.32 Å². The fraction of sp³-hybridized carbons (Fsp3) is 1.00. The molecule has 0 aliphatic carbocycles. The van der Waals surface area contributed by atoms with Gasteiger partial charge in [-0.1, -0.05) is 0 Å². The maximum atomic E-state index is 9.61. The van der Waals surface area contributed by atoms with Crippen molar-refractivity contribution in [1.29, 1.82) is 0 Å². The van der Waals surface area contributed by atoms with Crippen LogP contribution in [0.15, 0.2) is 0 Å². The molecule has 0 saturated carbocycles. The Morgan fingerprint density at radius 2 is 2.25 bits per heavy atom. The highest BCUT2D eigenvalue weighted by Crippen LogP contribution is 2.19. The van der Waals surface area contributed by atoms with Crippen molar-refractivity contribution < 1.29 is 14.6 Å². The fourth-order valence-corrected chi connectivity index (χ4v) is 1.49. The van der Waals surface area contributed by atoms with Crippen LogP contribution >= 0.6 is 0 Å². The molecule has 0 aromatic rings. The Labute approximate surface area is 72.9 Å². The van der Waals surface area contributed by atoms with E-state index in [1.807, 2.05) is 14.0 Å². The molecule has 1 saturated heterocycles. The van der Waals surface area contributed by atoms with Gasteiger partial charge in [-0.05, 0) is 14.0 Å². The fourth-order valence-electron chi connectivity index (χ4n) is 1.49. The molecule has 1 rings (SSSR count). The summed E-state index contributed by atoms with van der Waals surface area (Å²) in [5, 5.41) is 12.6. The number of ether oxygens (including phenoxy) is 2. The molecule has 1 heterocycles. The molecule has 2 N–H and O–H groups in total. The summed E-state index contributed by atoms with van der Waals surface area (Å²) in [6, 6.07) is 0.0682. The molecule has 72 valence electrons. The smallest absolute Gasteiger partial charge is 0.159 e. The minimum absolute atomic E-state index is 0.0682. The van der Waals surface area contributed by atoms with Crippen molar-refractivity contribution in [2.24, 2.45) is 0 Å². The summed E-state index contributed by atoms with van der Waals surface area (Å²) in [5.74, 6) is 0. The molecule has 1 fully saturated rings. The van der Waals surface area contributed by atoms with Crippen molar-refractivity contribution in [3.8, 4) is 0 Å². The Bertz CT molecular complexity index is 142. The van der Waals surface area contributed by atoms with Gasteiger partial charge in [0.25, 0.3) is 0 Å². The number of rotatable bonds is 2. The lowest BCUT2D eigenvalue weighted by Crippen LogP contribution is -2.52. The monoisotopic (exact) mass is 175 g/mol. The van der Waals surface area contributed by atoms with Gasteiger partial charge in [-0.2, -0.15) is 0 Å². The first-order chi connectivity index (χ1) is 5.69. The Morgan fingerprint density at radius 1 is 1.58 bits per heavy atom. The number of aliphatic hydroxyl groups excluding tert-OH is 1. The second-order valence-corrected chi connectivity index (χ2v) is 3.13. The van der Waals surface area contributed by atoms with Crippen molar-refractivity contribution in [2.75, 3.05) is 14.2 Å². The molecule has 4 atom stereocenters. The number of methoxy groups -OCH3 is 1. The molecule has 0 aromatic carbocycles. The second-order valence-electron chi connectivity index (χ2n) is 3.13. The molecule has 0 unspecified atom stereocenters. The Morgan fingerprint density at radius 3 is 2.75 bits per heavy atom. The van der Waals surface area contributed by atoms with Crippen LogP contribution in [0.4, 0.5) is 0 Å². The van der Waals surface area contributed by atoms with E-state index in [0.29, 0.717) is 6.42 Å². The van der Waals surface area contributed by atoms with Gasteiger partial charge in [-0.25, -0.2) is 0 Å². The van der Waals surface area contributed by atoms with E-state index in [1.165, 1.54) is 0 Å². The van der Waals surface area contributed by atoms with E-state index in [4.69, 9.17) is 9.47 Å². The molecular formula is C8H17NO3. The molecule has 0 bridgehead atoms. The maximum absolute atomic E-state index is 9.61. The van der Waals surface area contributed by atoms with Gasteiger partial charge in [0.1, 0.15) is 0 Å². The van der Waals surface area contributed by atoms with E-state index in [-0.39, 0.29) is 18.4 Å². The molecular weight excluding hydrogens is 158 g/mol. The van der Waals surface area contributed by atoms with Crippen LogP contribution in [0.2, 0.25) is 0 Å². The van der Waals surface area contributed by atoms with Crippen LogP contribution in [-0.4, -0.2) is 43.8 Å². The van der Waals surface area contributed by atoms with Crippen LogP contribution < -0.4 is 5.32 Å². The average molecular weight is 175 g/mol. The second kappa shape index (κ2) is 4.18. The zero-order valence-corrected chi connectivity index (χ0v) is 7.78. The highest BCUT2D eigenvalue weighted by molar-refractivity contribution is 4.84. The highest BCUT2D eigenvalue weighted by Gasteiger charge is 2.34. The summed E-state index contributed by atoms with van der Waals surface area (Å²) in [4.78, 5) is 0. The van der Waals surface area contributed by atoms with Gasteiger partial charge >= 0.3 is 0 Å². The summed E-state index contributed by atoms with van der Waals surface area (Å²) in [5.41, 5.74) is 0. The van der Waals surface area contributed by atoms with E-state index < -0.39 is 6.10 Å². The van der Waals surface area contributed by atoms with Crippen molar-refractivity contribution in [2.45, 2.75) is 37.9 Å². The van der Waals surface area contributed by atoms with Crippen LogP contribution in [0.3, 0.4) is 0 Å². The van der Waals surface area contributed by atoms with Crippen molar-refractivity contribution in [3.05, 3.63) is 0 Å². The first kappa shape index (κ1) is 9.92. The third-order valence-electron chi connectivity index (χ3n) is 2.34. The predicted octanol–water partition coefficient (Wildman–Crippen LogP) is -0.283. The van der Waals surface area contributed by atoms with Gasteiger partial charge in [-0.15, -0.1) is 0 Å². The van der Waals surface area contributed by atoms with Crippen LogP contribution in [0, 0.1) is 0 Å². The Balaban J connectivity index is 2.52. The minimum atomic E-state index is -0.443. The number of likely N-dealkylation sites (N-methyl/N-ethyl adjacent to an activating group) is 1. The lowest BCUT2D eigenvalue weighted by molar-refractivity contribution is -0.214. The zero-order valence-electron chi connectivity index (χ0n) is 7.78. The molecule has 0 spiro atoms. The van der Waals surface area contributed by atoms with Crippen molar-refractivity contribution >= 4 is 0 Å². The number of hydrogen-bond acceptors (Lipinski definition) is 4. The lowest BCUT2D eigenvalue weighted by atomic mass is 10.00. The molecule has 12 heavy (non-hydrogen) atoms. The molecule has 1 aliphatic heterocycles. The molecule has 4 nitrogen and oxygen atoms in total. The van der Waals surface area contributed by atoms with Crippen LogP contribution in [-0.2, 0) is 9.47 Å². The van der Waals surface area contributed by atoms with E-state index in [1.54, 1.807) is 7.11 Å². The van der Waals surface area contributed by atoms with Crippen LogP contribution in [0.25, 0.3) is 0 Å². The zero-order chi connectivity index (χ0) is 9.14. The number of hydrogen-bond donors (Lipinski definition) is 2. The largest absolute Gasteiger partial charge is 0.389 e. The summed E-state index contributed by atoms with van der Waals surface area (Å²) in [7, 11) is 3.44. The lowest BCUT2D eigenvalue weighted by Gasteiger charge is -2.36. The topological polar surface area (TPSA) is 50.7 Å². The molecule has 0 radical (unpaired) electrons. The molecule has 0 aromatic heterocycles.